The fourth-order valence-electron chi connectivity index (χ4n) is 2.59. The monoisotopic (exact) mass is 269 g/mol. The van der Waals surface area contributed by atoms with Gasteiger partial charge in [0.25, 0.3) is 0 Å². The minimum absolute atomic E-state index is 0.0125. The van der Waals surface area contributed by atoms with Crippen LogP contribution < -0.4 is 10.2 Å². The third-order valence-electron chi connectivity index (χ3n) is 3.65. The Morgan fingerprint density at radius 3 is 2.55 bits per heavy atom. The van der Waals surface area contributed by atoms with Gasteiger partial charge >= 0.3 is 0 Å². The molecule has 2 heterocycles. The van der Waals surface area contributed by atoms with Gasteiger partial charge < -0.3 is 15.2 Å². The van der Waals surface area contributed by atoms with Gasteiger partial charge in [-0.1, -0.05) is 0 Å². The Morgan fingerprint density at radius 2 is 1.90 bits per heavy atom. The Morgan fingerprint density at radius 1 is 1.15 bits per heavy atom. The number of hydrogen-bond donors (Lipinski definition) is 2. The fraction of sp³-hybridized carbons (Fsp3) is 0.312. The third kappa shape index (κ3) is 3.02. The molecule has 104 valence electrons. The molecule has 0 bridgehead atoms. The second kappa shape index (κ2) is 5.82. The quantitative estimate of drug-likeness (QED) is 0.896. The van der Waals surface area contributed by atoms with Crippen LogP contribution >= 0.6 is 0 Å². The Hall–Kier alpha value is -2.23. The molecule has 0 unspecified atom stereocenters. The van der Waals surface area contributed by atoms with Crippen LogP contribution in [0.15, 0.2) is 42.7 Å². The van der Waals surface area contributed by atoms with E-state index in [-0.39, 0.29) is 5.91 Å². The fourth-order valence-corrected chi connectivity index (χ4v) is 2.59. The van der Waals surface area contributed by atoms with Crippen molar-refractivity contribution in [2.75, 3.05) is 23.3 Å². The van der Waals surface area contributed by atoms with E-state index >= 15 is 0 Å². The highest BCUT2D eigenvalue weighted by atomic mass is 16.1. The third-order valence-corrected chi connectivity index (χ3v) is 3.65. The summed E-state index contributed by atoms with van der Waals surface area (Å²) in [5, 5.41) is 2.93. The molecule has 1 aromatic heterocycles. The van der Waals surface area contributed by atoms with Gasteiger partial charge in [0.15, 0.2) is 0 Å². The van der Waals surface area contributed by atoms with Gasteiger partial charge in [0.2, 0.25) is 5.91 Å². The van der Waals surface area contributed by atoms with Crippen molar-refractivity contribution in [3.8, 4) is 0 Å². The van der Waals surface area contributed by atoms with Gasteiger partial charge in [-0.2, -0.15) is 0 Å². The van der Waals surface area contributed by atoms with Crippen molar-refractivity contribution >= 4 is 17.3 Å². The number of H-pyrrole nitrogens is 1. The lowest BCUT2D eigenvalue weighted by Crippen LogP contribution is -2.17. The molecule has 3 rings (SSSR count). The molecule has 1 saturated heterocycles. The predicted molar refractivity (Wildman–Crippen MR) is 81.0 cm³/mol. The average Bonchev–Trinajstić information content (AvgIpc) is 3.12. The lowest BCUT2D eigenvalue weighted by Gasteiger charge is -2.17. The number of rotatable bonds is 4. The molecule has 0 saturated carbocycles. The summed E-state index contributed by atoms with van der Waals surface area (Å²) < 4.78 is 0. The number of anilines is 2. The molecular weight excluding hydrogens is 250 g/mol. The first-order valence-corrected chi connectivity index (χ1v) is 7.08. The summed E-state index contributed by atoms with van der Waals surface area (Å²) in [5.74, 6) is 0.0125. The highest BCUT2D eigenvalue weighted by Crippen LogP contribution is 2.22. The Labute approximate surface area is 118 Å². The second-order valence-electron chi connectivity index (χ2n) is 5.19. The summed E-state index contributed by atoms with van der Waals surface area (Å²) in [5.41, 5.74) is 3.09. The van der Waals surface area contributed by atoms with Crippen LogP contribution in [-0.2, 0) is 11.2 Å². The van der Waals surface area contributed by atoms with Crippen LogP contribution in [0.25, 0.3) is 0 Å². The molecule has 2 aromatic rings. The van der Waals surface area contributed by atoms with E-state index in [4.69, 9.17) is 0 Å². The Bertz CT molecular complexity index is 554. The maximum Gasteiger partial charge on any atom is 0.228 e. The van der Waals surface area contributed by atoms with Crippen molar-refractivity contribution in [2.45, 2.75) is 19.3 Å². The van der Waals surface area contributed by atoms with Gasteiger partial charge in [0.1, 0.15) is 0 Å². The van der Waals surface area contributed by atoms with Gasteiger partial charge in [-0.15, -0.1) is 0 Å². The van der Waals surface area contributed by atoms with Crippen LogP contribution in [0.2, 0.25) is 0 Å². The molecule has 1 aromatic carbocycles. The van der Waals surface area contributed by atoms with Crippen LogP contribution in [0.5, 0.6) is 0 Å². The number of nitrogens with zero attached hydrogens (tertiary/aromatic N) is 1. The van der Waals surface area contributed by atoms with E-state index in [1.54, 1.807) is 0 Å². The first-order valence-electron chi connectivity index (χ1n) is 7.08. The van der Waals surface area contributed by atoms with Crippen LogP contribution in [0.3, 0.4) is 0 Å². The molecule has 20 heavy (non-hydrogen) atoms. The standard InChI is InChI=1S/C16H19N3O/c20-16(11-13-7-8-17-12-13)18-14-3-5-15(6-4-14)19-9-1-2-10-19/h3-8,12,17H,1-2,9-11H2,(H,18,20). The molecule has 4 nitrogen and oxygen atoms in total. The maximum absolute atomic E-state index is 11.9. The number of amides is 1. The smallest absolute Gasteiger partial charge is 0.228 e. The summed E-state index contributed by atoms with van der Waals surface area (Å²) in [6, 6.07) is 10.0. The summed E-state index contributed by atoms with van der Waals surface area (Å²) in [7, 11) is 0. The van der Waals surface area contributed by atoms with Crippen molar-refractivity contribution in [2.24, 2.45) is 0 Å². The van der Waals surface area contributed by atoms with E-state index < -0.39 is 0 Å². The largest absolute Gasteiger partial charge is 0.372 e. The molecule has 0 spiro atoms. The molecule has 0 atom stereocenters. The first kappa shape index (κ1) is 12.8. The molecule has 1 aliphatic rings. The van der Waals surface area contributed by atoms with Gasteiger partial charge in [-0.25, -0.2) is 0 Å². The van der Waals surface area contributed by atoms with Crippen molar-refractivity contribution < 1.29 is 4.79 Å². The number of carbonyl (C=O) groups excluding carboxylic acids is 1. The zero-order valence-electron chi connectivity index (χ0n) is 11.4. The van der Waals surface area contributed by atoms with Gasteiger partial charge in [-0.3, -0.25) is 4.79 Å². The van der Waals surface area contributed by atoms with E-state index in [0.29, 0.717) is 6.42 Å². The SMILES string of the molecule is O=C(Cc1cc[nH]c1)Nc1ccc(N2CCCC2)cc1. The van der Waals surface area contributed by atoms with E-state index in [9.17, 15) is 4.79 Å². The van der Waals surface area contributed by atoms with Crippen LogP contribution in [0, 0.1) is 0 Å². The summed E-state index contributed by atoms with van der Waals surface area (Å²) in [4.78, 5) is 17.2. The van der Waals surface area contributed by atoms with E-state index in [1.807, 2.05) is 30.6 Å². The Balaban J connectivity index is 1.58. The lowest BCUT2D eigenvalue weighted by atomic mass is 10.2. The summed E-state index contributed by atoms with van der Waals surface area (Å²) in [6.45, 7) is 2.28. The Kier molecular flexibility index (Phi) is 3.72. The molecule has 1 aliphatic heterocycles. The number of aromatic nitrogens is 1. The number of aromatic amines is 1. The minimum Gasteiger partial charge on any atom is -0.372 e. The number of nitrogens with one attached hydrogen (secondary N) is 2. The van der Waals surface area contributed by atoms with Crippen LogP contribution in [0.4, 0.5) is 11.4 Å². The number of carbonyl (C=O) groups is 1. The molecule has 0 radical (unpaired) electrons. The van der Waals surface area contributed by atoms with Crippen LogP contribution in [-0.4, -0.2) is 24.0 Å². The average molecular weight is 269 g/mol. The van der Waals surface area contributed by atoms with Gasteiger partial charge in [0.05, 0.1) is 6.42 Å². The molecule has 0 aliphatic carbocycles. The molecule has 4 heteroatoms. The highest BCUT2D eigenvalue weighted by Gasteiger charge is 2.12. The molecule has 1 fully saturated rings. The zero-order chi connectivity index (χ0) is 13.8. The summed E-state index contributed by atoms with van der Waals surface area (Å²) in [6.07, 6.45) is 6.62. The predicted octanol–water partition coefficient (Wildman–Crippen LogP) is 2.80. The van der Waals surface area contributed by atoms with E-state index in [2.05, 4.69) is 27.3 Å². The number of benzene rings is 1. The first-order chi connectivity index (χ1) is 9.81. The topological polar surface area (TPSA) is 48.1 Å². The van der Waals surface area contributed by atoms with Crippen molar-refractivity contribution in [1.82, 2.24) is 4.98 Å². The van der Waals surface area contributed by atoms with Crippen molar-refractivity contribution in [3.05, 3.63) is 48.3 Å². The summed E-state index contributed by atoms with van der Waals surface area (Å²) >= 11 is 0. The van der Waals surface area contributed by atoms with Crippen LogP contribution in [0.1, 0.15) is 18.4 Å². The zero-order valence-corrected chi connectivity index (χ0v) is 11.4. The normalized spacial score (nSPS) is 14.5. The minimum atomic E-state index is 0.0125. The molecule has 2 N–H and O–H groups in total. The lowest BCUT2D eigenvalue weighted by molar-refractivity contribution is -0.115. The number of hydrogen-bond acceptors (Lipinski definition) is 2. The van der Waals surface area contributed by atoms with Gasteiger partial charge in [0, 0.05) is 36.9 Å². The second-order valence-corrected chi connectivity index (χ2v) is 5.19. The van der Waals surface area contributed by atoms with E-state index in [0.717, 1.165) is 24.3 Å². The van der Waals surface area contributed by atoms with Crippen molar-refractivity contribution in [1.29, 1.82) is 0 Å². The van der Waals surface area contributed by atoms with Crippen molar-refractivity contribution in [3.63, 3.8) is 0 Å². The highest BCUT2D eigenvalue weighted by molar-refractivity contribution is 5.92. The molecule has 1 amide bonds. The van der Waals surface area contributed by atoms with E-state index in [1.165, 1.54) is 18.5 Å². The maximum atomic E-state index is 11.9. The molecular formula is C16H19N3O. The van der Waals surface area contributed by atoms with Gasteiger partial charge in [-0.05, 0) is 48.7 Å².